The lowest BCUT2D eigenvalue weighted by atomic mass is 10.2. The third kappa shape index (κ3) is 1.38. The molecule has 2 aromatic rings. The number of imidazole rings is 1. The summed E-state index contributed by atoms with van der Waals surface area (Å²) in [5, 5.41) is 9.37. The molecule has 74 valence electrons. The first-order chi connectivity index (χ1) is 6.74. The Morgan fingerprint density at radius 1 is 1.57 bits per heavy atom. The predicted molar refractivity (Wildman–Crippen MR) is 55.7 cm³/mol. The van der Waals surface area contributed by atoms with Crippen LogP contribution < -0.4 is 0 Å². The summed E-state index contributed by atoms with van der Waals surface area (Å²) in [6, 6.07) is 3.94. The summed E-state index contributed by atoms with van der Waals surface area (Å²) in [6.07, 6.45) is 2.43. The van der Waals surface area contributed by atoms with E-state index in [1.165, 1.54) is 0 Å². The van der Waals surface area contributed by atoms with Crippen molar-refractivity contribution in [2.75, 3.05) is 6.61 Å². The topological polar surface area (TPSA) is 37.5 Å². The van der Waals surface area contributed by atoms with E-state index in [1.807, 2.05) is 29.7 Å². The highest BCUT2D eigenvalue weighted by Crippen LogP contribution is 2.21. The van der Waals surface area contributed by atoms with Crippen LogP contribution in [-0.2, 0) is 6.42 Å². The zero-order chi connectivity index (χ0) is 10.1. The Kier molecular flexibility index (Phi) is 2.44. The van der Waals surface area contributed by atoms with Gasteiger partial charge in [-0.25, -0.2) is 4.98 Å². The molecule has 0 bridgehead atoms. The first kappa shape index (κ1) is 9.49. The molecule has 0 amide bonds. The molecule has 2 aromatic heterocycles. The van der Waals surface area contributed by atoms with Gasteiger partial charge in [0.2, 0.25) is 0 Å². The summed E-state index contributed by atoms with van der Waals surface area (Å²) in [7, 11) is 0. The van der Waals surface area contributed by atoms with Crippen LogP contribution in [0.15, 0.2) is 18.3 Å². The molecule has 3 nitrogen and oxygen atoms in total. The normalized spacial score (nSPS) is 11.1. The smallest absolute Gasteiger partial charge is 0.155 e. The number of aliphatic hydroxyl groups excluding tert-OH is 1. The summed E-state index contributed by atoms with van der Waals surface area (Å²) >= 11 is 6.01. The molecule has 0 unspecified atom stereocenters. The van der Waals surface area contributed by atoms with Gasteiger partial charge in [-0.05, 0) is 18.6 Å². The van der Waals surface area contributed by atoms with Crippen LogP contribution in [0.2, 0.25) is 5.15 Å². The van der Waals surface area contributed by atoms with Crippen molar-refractivity contribution in [3.63, 3.8) is 0 Å². The third-order valence-corrected chi connectivity index (χ3v) is 2.50. The standard InChI is InChI=1S/C10H11ClN2O/c1-7-3-2-5-13-8(4-6-14)12-10(11)9(7)13/h2-3,5,14H,4,6H2,1H3. The number of pyridine rings is 1. The van der Waals surface area contributed by atoms with E-state index in [4.69, 9.17) is 16.7 Å². The number of halogens is 1. The van der Waals surface area contributed by atoms with Crippen molar-refractivity contribution in [3.8, 4) is 0 Å². The SMILES string of the molecule is Cc1cccn2c(CCO)nc(Cl)c12. The second kappa shape index (κ2) is 3.59. The molecule has 0 aromatic carbocycles. The highest BCUT2D eigenvalue weighted by Gasteiger charge is 2.09. The molecule has 0 radical (unpaired) electrons. The van der Waals surface area contributed by atoms with Crippen LogP contribution in [0.5, 0.6) is 0 Å². The Balaban J connectivity index is 2.71. The quantitative estimate of drug-likeness (QED) is 0.821. The van der Waals surface area contributed by atoms with Gasteiger partial charge in [-0.2, -0.15) is 0 Å². The maximum absolute atomic E-state index is 8.86. The zero-order valence-corrected chi connectivity index (χ0v) is 8.62. The van der Waals surface area contributed by atoms with Crippen molar-refractivity contribution >= 4 is 17.1 Å². The van der Waals surface area contributed by atoms with Crippen molar-refractivity contribution in [3.05, 3.63) is 34.9 Å². The molecular formula is C10H11ClN2O. The van der Waals surface area contributed by atoms with E-state index in [-0.39, 0.29) is 6.61 Å². The average Bonchev–Trinajstić information content (AvgIpc) is 2.46. The van der Waals surface area contributed by atoms with E-state index >= 15 is 0 Å². The first-order valence-corrected chi connectivity index (χ1v) is 4.84. The van der Waals surface area contributed by atoms with E-state index < -0.39 is 0 Å². The fourth-order valence-corrected chi connectivity index (χ4v) is 1.93. The van der Waals surface area contributed by atoms with Gasteiger partial charge in [0.15, 0.2) is 5.15 Å². The predicted octanol–water partition coefficient (Wildman–Crippen LogP) is 1.83. The number of hydrogen-bond donors (Lipinski definition) is 1. The summed E-state index contributed by atoms with van der Waals surface area (Å²) in [5.41, 5.74) is 2.02. The van der Waals surface area contributed by atoms with E-state index in [2.05, 4.69) is 4.98 Å². The molecule has 0 spiro atoms. The van der Waals surface area contributed by atoms with Crippen molar-refractivity contribution in [2.24, 2.45) is 0 Å². The number of aliphatic hydroxyl groups is 1. The van der Waals surface area contributed by atoms with Crippen LogP contribution in [0.3, 0.4) is 0 Å². The Hall–Kier alpha value is -1.06. The Labute approximate surface area is 87.0 Å². The molecule has 0 aliphatic heterocycles. The third-order valence-electron chi connectivity index (χ3n) is 2.23. The second-order valence-corrected chi connectivity index (χ2v) is 3.56. The molecule has 0 atom stereocenters. The molecule has 2 rings (SSSR count). The summed E-state index contributed by atoms with van der Waals surface area (Å²) in [5.74, 6) is 0.802. The van der Waals surface area contributed by atoms with Crippen LogP contribution in [-0.4, -0.2) is 21.1 Å². The van der Waals surface area contributed by atoms with Gasteiger partial charge in [-0.3, -0.25) is 0 Å². The number of rotatable bonds is 2. The highest BCUT2D eigenvalue weighted by atomic mass is 35.5. The van der Waals surface area contributed by atoms with Crippen molar-refractivity contribution in [1.82, 2.24) is 9.38 Å². The average molecular weight is 211 g/mol. The minimum atomic E-state index is 0.0867. The fourth-order valence-electron chi connectivity index (χ4n) is 1.59. The molecule has 0 saturated heterocycles. The van der Waals surface area contributed by atoms with Gasteiger partial charge in [0.05, 0.1) is 12.1 Å². The molecule has 0 saturated carbocycles. The molecule has 0 aliphatic rings. The van der Waals surface area contributed by atoms with Crippen LogP contribution in [0.1, 0.15) is 11.4 Å². The highest BCUT2D eigenvalue weighted by molar-refractivity contribution is 6.32. The van der Waals surface area contributed by atoms with Gasteiger partial charge in [-0.1, -0.05) is 17.7 Å². The fraction of sp³-hybridized carbons (Fsp3) is 0.300. The Bertz CT molecular complexity index is 464. The first-order valence-electron chi connectivity index (χ1n) is 4.47. The lowest BCUT2D eigenvalue weighted by Crippen LogP contribution is -1.98. The second-order valence-electron chi connectivity index (χ2n) is 3.20. The Morgan fingerprint density at radius 2 is 2.36 bits per heavy atom. The van der Waals surface area contributed by atoms with Gasteiger partial charge in [0.1, 0.15) is 5.82 Å². The van der Waals surface area contributed by atoms with Crippen LogP contribution in [0.4, 0.5) is 0 Å². The molecule has 0 fully saturated rings. The zero-order valence-electron chi connectivity index (χ0n) is 7.87. The van der Waals surface area contributed by atoms with Gasteiger partial charge >= 0.3 is 0 Å². The maximum atomic E-state index is 8.86. The molecule has 4 heteroatoms. The van der Waals surface area contributed by atoms with Crippen molar-refractivity contribution in [1.29, 1.82) is 0 Å². The Morgan fingerprint density at radius 3 is 3.07 bits per heavy atom. The van der Waals surface area contributed by atoms with Gasteiger partial charge in [-0.15, -0.1) is 0 Å². The minimum absolute atomic E-state index is 0.0867. The molecule has 2 heterocycles. The number of aromatic nitrogens is 2. The monoisotopic (exact) mass is 210 g/mol. The maximum Gasteiger partial charge on any atom is 0.155 e. The van der Waals surface area contributed by atoms with Crippen LogP contribution >= 0.6 is 11.6 Å². The summed E-state index contributed by atoms with van der Waals surface area (Å²) in [6.45, 7) is 2.08. The molecule has 0 aliphatic carbocycles. The number of aryl methyl sites for hydroxylation is 1. The van der Waals surface area contributed by atoms with Crippen molar-refractivity contribution in [2.45, 2.75) is 13.3 Å². The number of nitrogens with zero attached hydrogens (tertiary/aromatic N) is 2. The van der Waals surface area contributed by atoms with E-state index in [1.54, 1.807) is 0 Å². The van der Waals surface area contributed by atoms with Crippen molar-refractivity contribution < 1.29 is 5.11 Å². The van der Waals surface area contributed by atoms with Gasteiger partial charge in [0, 0.05) is 12.6 Å². The van der Waals surface area contributed by atoms with Crippen LogP contribution in [0, 0.1) is 6.92 Å². The summed E-state index contributed by atoms with van der Waals surface area (Å²) in [4.78, 5) is 4.21. The molecular weight excluding hydrogens is 200 g/mol. The lowest BCUT2D eigenvalue weighted by molar-refractivity contribution is 0.296. The molecule has 1 N–H and O–H groups in total. The summed E-state index contributed by atoms with van der Waals surface area (Å²) < 4.78 is 1.92. The number of fused-ring (bicyclic) bond motifs is 1. The van der Waals surface area contributed by atoms with Gasteiger partial charge in [0.25, 0.3) is 0 Å². The number of hydrogen-bond acceptors (Lipinski definition) is 2. The molecule has 14 heavy (non-hydrogen) atoms. The van der Waals surface area contributed by atoms with E-state index in [0.717, 1.165) is 16.9 Å². The minimum Gasteiger partial charge on any atom is -0.396 e. The van der Waals surface area contributed by atoms with Gasteiger partial charge < -0.3 is 9.51 Å². The largest absolute Gasteiger partial charge is 0.396 e. The lowest BCUT2D eigenvalue weighted by Gasteiger charge is -2.00. The van der Waals surface area contributed by atoms with E-state index in [9.17, 15) is 0 Å². The van der Waals surface area contributed by atoms with E-state index in [0.29, 0.717) is 11.6 Å². The van der Waals surface area contributed by atoms with Crippen LogP contribution in [0.25, 0.3) is 5.52 Å².